The van der Waals surface area contributed by atoms with Gasteiger partial charge in [-0.25, -0.2) is 0 Å². The zero-order chi connectivity index (χ0) is 10.2. The van der Waals surface area contributed by atoms with Crippen molar-refractivity contribution >= 4 is 0 Å². The summed E-state index contributed by atoms with van der Waals surface area (Å²) >= 11 is 0. The van der Waals surface area contributed by atoms with Crippen molar-refractivity contribution in [2.75, 3.05) is 0 Å². The van der Waals surface area contributed by atoms with Gasteiger partial charge < -0.3 is 0 Å². The summed E-state index contributed by atoms with van der Waals surface area (Å²) in [5, 5.41) is 0. The van der Waals surface area contributed by atoms with Crippen LogP contribution in [0, 0.1) is 29.7 Å². The van der Waals surface area contributed by atoms with E-state index in [9.17, 15) is 0 Å². The van der Waals surface area contributed by atoms with Gasteiger partial charge in [0.15, 0.2) is 0 Å². The van der Waals surface area contributed by atoms with Gasteiger partial charge in [-0.15, -0.1) is 11.8 Å². The minimum absolute atomic E-state index is 0.782. The summed E-state index contributed by atoms with van der Waals surface area (Å²) in [5.41, 5.74) is 2.30. The lowest BCUT2D eigenvalue weighted by Gasteiger charge is -1.97. The molecule has 1 rings (SSSR count). The summed E-state index contributed by atoms with van der Waals surface area (Å²) in [6, 6.07) is 9.44. The van der Waals surface area contributed by atoms with E-state index in [1.165, 1.54) is 0 Å². The van der Waals surface area contributed by atoms with Crippen LogP contribution in [0.1, 0.15) is 25.0 Å². The molecule has 0 aliphatic heterocycles. The van der Waals surface area contributed by atoms with Gasteiger partial charge in [-0.2, -0.15) is 0 Å². The molecule has 0 aliphatic rings. The second-order valence-corrected chi connectivity index (χ2v) is 2.91. The molecular formula is C14H13. The van der Waals surface area contributed by atoms with Crippen LogP contribution in [-0.4, -0.2) is 0 Å². The Morgan fingerprint density at radius 3 is 1.93 bits per heavy atom. The van der Waals surface area contributed by atoms with E-state index in [1.807, 2.05) is 32.0 Å². The average molecular weight is 181 g/mol. The van der Waals surface area contributed by atoms with E-state index in [4.69, 9.17) is 0 Å². The lowest BCUT2D eigenvalue weighted by molar-refractivity contribution is 1.23. The molecule has 0 spiro atoms. The van der Waals surface area contributed by atoms with Crippen LogP contribution in [0.15, 0.2) is 18.2 Å². The molecule has 0 N–H and O–H groups in total. The molecule has 0 saturated heterocycles. The highest BCUT2D eigenvalue weighted by atomic mass is 14.0. The largest absolute Gasteiger partial charge is 0.106 e. The third-order valence-corrected chi connectivity index (χ3v) is 1.83. The van der Waals surface area contributed by atoms with Crippen LogP contribution in [0.4, 0.5) is 0 Å². The first-order chi connectivity index (χ1) is 6.86. The fourth-order valence-corrected chi connectivity index (χ4v) is 1.14. The average Bonchev–Trinajstić information content (AvgIpc) is 2.24. The topological polar surface area (TPSA) is 0 Å². The van der Waals surface area contributed by atoms with Crippen molar-refractivity contribution in [1.82, 2.24) is 0 Å². The van der Waals surface area contributed by atoms with Gasteiger partial charge in [-0.1, -0.05) is 30.0 Å². The van der Waals surface area contributed by atoms with Gasteiger partial charge >= 0.3 is 0 Å². The highest BCUT2D eigenvalue weighted by Gasteiger charge is 1.93. The van der Waals surface area contributed by atoms with Crippen molar-refractivity contribution in [3.63, 3.8) is 0 Å². The highest BCUT2D eigenvalue weighted by Crippen LogP contribution is 2.04. The van der Waals surface area contributed by atoms with E-state index in [-0.39, 0.29) is 0 Å². The van der Waals surface area contributed by atoms with Gasteiger partial charge in [0.1, 0.15) is 0 Å². The Morgan fingerprint density at radius 2 is 1.50 bits per heavy atom. The lowest BCUT2D eigenvalue weighted by atomic mass is 10.1. The molecule has 0 nitrogen and oxygen atoms in total. The maximum absolute atomic E-state index is 3.31. The first-order valence-electron chi connectivity index (χ1n) is 4.66. The molecule has 0 atom stereocenters. The second kappa shape index (κ2) is 5.90. The second-order valence-electron chi connectivity index (χ2n) is 2.91. The summed E-state index contributed by atoms with van der Waals surface area (Å²) < 4.78 is 0. The normalized spacial score (nSPS) is 8.14. The SMILES string of the molecule is CC#CCc1[c]c(CC#CC)ccc1. The first kappa shape index (κ1) is 10.4. The predicted molar refractivity (Wildman–Crippen MR) is 59.6 cm³/mol. The van der Waals surface area contributed by atoms with E-state index in [2.05, 4.69) is 29.7 Å². The zero-order valence-electron chi connectivity index (χ0n) is 8.65. The molecule has 0 heteroatoms. The van der Waals surface area contributed by atoms with E-state index >= 15 is 0 Å². The van der Waals surface area contributed by atoms with Crippen LogP contribution >= 0.6 is 0 Å². The van der Waals surface area contributed by atoms with E-state index in [1.54, 1.807) is 0 Å². The van der Waals surface area contributed by atoms with Gasteiger partial charge in [0.25, 0.3) is 0 Å². The van der Waals surface area contributed by atoms with Crippen LogP contribution in [0.2, 0.25) is 0 Å². The van der Waals surface area contributed by atoms with Crippen molar-refractivity contribution in [3.05, 3.63) is 35.4 Å². The third kappa shape index (κ3) is 3.38. The van der Waals surface area contributed by atoms with Gasteiger partial charge in [0.2, 0.25) is 0 Å². The van der Waals surface area contributed by atoms with Gasteiger partial charge in [0, 0.05) is 12.8 Å². The molecular weight excluding hydrogens is 168 g/mol. The number of hydrogen-bond acceptors (Lipinski definition) is 0. The van der Waals surface area contributed by atoms with Crippen molar-refractivity contribution < 1.29 is 0 Å². The Bertz CT molecular complexity index is 368. The van der Waals surface area contributed by atoms with Crippen LogP contribution in [-0.2, 0) is 12.8 Å². The molecule has 0 saturated carbocycles. The van der Waals surface area contributed by atoms with Crippen LogP contribution in [0.25, 0.3) is 0 Å². The van der Waals surface area contributed by atoms with Crippen molar-refractivity contribution in [2.45, 2.75) is 26.7 Å². The fraction of sp³-hybridized carbons (Fsp3) is 0.286. The van der Waals surface area contributed by atoms with Crippen LogP contribution in [0.5, 0.6) is 0 Å². The number of benzene rings is 1. The minimum Gasteiger partial charge on any atom is -0.106 e. The standard InChI is InChI=1S/C14H13/c1-3-5-8-13-10-7-11-14(12-13)9-6-4-2/h7,10-11H,8-9H2,1-2H3. The molecule has 0 aliphatic carbocycles. The van der Waals surface area contributed by atoms with Crippen molar-refractivity contribution in [1.29, 1.82) is 0 Å². The summed E-state index contributed by atoms with van der Waals surface area (Å²) in [7, 11) is 0. The molecule has 0 fully saturated rings. The van der Waals surface area contributed by atoms with Gasteiger partial charge in [-0.05, 0) is 31.0 Å². The highest BCUT2D eigenvalue weighted by molar-refractivity contribution is 5.27. The Hall–Kier alpha value is -1.66. The maximum atomic E-state index is 3.31. The monoisotopic (exact) mass is 181 g/mol. The van der Waals surface area contributed by atoms with Crippen molar-refractivity contribution in [3.8, 4) is 23.7 Å². The first-order valence-corrected chi connectivity index (χ1v) is 4.66. The van der Waals surface area contributed by atoms with E-state index < -0.39 is 0 Å². The molecule has 1 aromatic carbocycles. The molecule has 1 aromatic rings. The predicted octanol–water partition coefficient (Wildman–Crippen LogP) is 2.62. The number of rotatable bonds is 2. The molecule has 14 heavy (non-hydrogen) atoms. The molecule has 0 aromatic heterocycles. The number of hydrogen-bond donors (Lipinski definition) is 0. The molecule has 0 amide bonds. The smallest absolute Gasteiger partial charge is 0.0346 e. The Labute approximate surface area is 86.3 Å². The summed E-state index contributed by atoms with van der Waals surface area (Å²) in [6.45, 7) is 3.71. The van der Waals surface area contributed by atoms with Gasteiger partial charge in [-0.3, -0.25) is 0 Å². The third-order valence-electron chi connectivity index (χ3n) is 1.83. The summed E-state index contributed by atoms with van der Waals surface area (Å²) in [4.78, 5) is 0. The molecule has 1 radical (unpaired) electrons. The lowest BCUT2D eigenvalue weighted by Crippen LogP contribution is -1.87. The minimum atomic E-state index is 0.782. The van der Waals surface area contributed by atoms with Crippen LogP contribution < -0.4 is 0 Å². The quantitative estimate of drug-likeness (QED) is 0.615. The fourth-order valence-electron chi connectivity index (χ4n) is 1.14. The zero-order valence-corrected chi connectivity index (χ0v) is 8.65. The molecule has 0 bridgehead atoms. The Morgan fingerprint density at radius 1 is 1.00 bits per heavy atom. The molecule has 69 valence electrons. The van der Waals surface area contributed by atoms with E-state index in [0.717, 1.165) is 24.0 Å². The van der Waals surface area contributed by atoms with Gasteiger partial charge in [0.05, 0.1) is 0 Å². The Kier molecular flexibility index (Phi) is 4.39. The maximum Gasteiger partial charge on any atom is 0.0346 e. The molecule has 0 unspecified atom stereocenters. The summed E-state index contributed by atoms with van der Waals surface area (Å²) in [5.74, 6) is 11.8. The Balaban J connectivity index is 2.74. The van der Waals surface area contributed by atoms with Crippen molar-refractivity contribution in [2.24, 2.45) is 0 Å². The van der Waals surface area contributed by atoms with Crippen LogP contribution in [0.3, 0.4) is 0 Å². The molecule has 0 heterocycles. The van der Waals surface area contributed by atoms with E-state index in [0.29, 0.717) is 0 Å². The summed E-state index contributed by atoms with van der Waals surface area (Å²) in [6.07, 6.45) is 1.56.